The minimum Gasteiger partial charge on any atom is -0.472 e. The third-order valence-corrected chi connectivity index (χ3v) is 2.83. The van der Waals surface area contributed by atoms with Crippen molar-refractivity contribution in [2.75, 3.05) is 17.7 Å². The first-order valence-electron chi connectivity index (χ1n) is 5.92. The summed E-state index contributed by atoms with van der Waals surface area (Å²) in [5.74, 6) is 1.71. The summed E-state index contributed by atoms with van der Waals surface area (Å²) in [5, 5.41) is 0. The molecule has 0 atom stereocenters. The van der Waals surface area contributed by atoms with Crippen LogP contribution in [0.3, 0.4) is 0 Å². The highest BCUT2D eigenvalue weighted by Gasteiger charge is 2.16. The average molecular weight is 246 g/mol. The van der Waals surface area contributed by atoms with Gasteiger partial charge in [-0.25, -0.2) is 9.97 Å². The molecule has 18 heavy (non-hydrogen) atoms. The molecule has 2 heterocycles. The third-order valence-electron chi connectivity index (χ3n) is 2.83. The lowest BCUT2D eigenvalue weighted by Gasteiger charge is -2.22. The molecule has 0 unspecified atom stereocenters. The summed E-state index contributed by atoms with van der Waals surface area (Å²) in [6, 6.07) is 1.94. The quantitative estimate of drug-likeness (QED) is 0.897. The Bertz CT molecular complexity index is 508. The second-order valence-corrected chi connectivity index (χ2v) is 4.64. The Hall–Kier alpha value is -2.04. The molecule has 2 aromatic heterocycles. The van der Waals surface area contributed by atoms with E-state index in [1.165, 1.54) is 6.33 Å². The van der Waals surface area contributed by atoms with E-state index in [1.54, 1.807) is 12.5 Å². The SMILES string of the molecule is CC(C)c1c(N)ncnc1N(C)Cc1ccoc1. The van der Waals surface area contributed by atoms with Crippen molar-refractivity contribution in [1.82, 2.24) is 9.97 Å². The summed E-state index contributed by atoms with van der Waals surface area (Å²) in [5.41, 5.74) is 8.03. The molecule has 0 saturated heterocycles. The predicted octanol–water partition coefficient (Wildman–Crippen LogP) is 2.41. The maximum Gasteiger partial charge on any atom is 0.137 e. The molecule has 0 bridgehead atoms. The van der Waals surface area contributed by atoms with E-state index < -0.39 is 0 Å². The number of hydrogen-bond acceptors (Lipinski definition) is 5. The van der Waals surface area contributed by atoms with Crippen LogP contribution >= 0.6 is 0 Å². The number of nitrogens with two attached hydrogens (primary N) is 1. The Kier molecular flexibility index (Phi) is 3.50. The van der Waals surface area contributed by atoms with Gasteiger partial charge in [-0.2, -0.15) is 0 Å². The summed E-state index contributed by atoms with van der Waals surface area (Å²) >= 11 is 0. The van der Waals surface area contributed by atoms with Gasteiger partial charge in [-0.05, 0) is 12.0 Å². The second-order valence-electron chi connectivity index (χ2n) is 4.64. The highest BCUT2D eigenvalue weighted by atomic mass is 16.3. The van der Waals surface area contributed by atoms with Crippen LogP contribution in [0.25, 0.3) is 0 Å². The molecule has 96 valence electrons. The first-order chi connectivity index (χ1) is 8.59. The van der Waals surface area contributed by atoms with Crippen molar-refractivity contribution >= 4 is 11.6 Å². The van der Waals surface area contributed by atoms with Crippen LogP contribution in [0.15, 0.2) is 29.3 Å². The minimum absolute atomic E-state index is 0.285. The van der Waals surface area contributed by atoms with E-state index in [4.69, 9.17) is 10.2 Å². The molecule has 0 spiro atoms. The number of nitrogens with zero attached hydrogens (tertiary/aromatic N) is 3. The van der Waals surface area contributed by atoms with Crippen LogP contribution in [0.2, 0.25) is 0 Å². The molecular formula is C13H18N4O. The molecular weight excluding hydrogens is 228 g/mol. The highest BCUT2D eigenvalue weighted by Crippen LogP contribution is 2.29. The number of furan rings is 1. The smallest absolute Gasteiger partial charge is 0.137 e. The monoisotopic (exact) mass is 246 g/mol. The fraction of sp³-hybridized carbons (Fsp3) is 0.385. The Morgan fingerprint density at radius 1 is 1.39 bits per heavy atom. The second kappa shape index (κ2) is 5.08. The van der Waals surface area contributed by atoms with Crippen molar-refractivity contribution in [2.24, 2.45) is 0 Å². The van der Waals surface area contributed by atoms with Crippen LogP contribution in [0.1, 0.15) is 30.9 Å². The lowest BCUT2D eigenvalue weighted by molar-refractivity contribution is 0.563. The number of rotatable bonds is 4. The summed E-state index contributed by atoms with van der Waals surface area (Å²) in [6.07, 6.45) is 4.90. The molecule has 0 aliphatic rings. The van der Waals surface area contributed by atoms with Gasteiger partial charge in [-0.1, -0.05) is 13.8 Å². The molecule has 0 fully saturated rings. The van der Waals surface area contributed by atoms with Crippen molar-refractivity contribution < 1.29 is 4.42 Å². The van der Waals surface area contributed by atoms with Crippen LogP contribution in [-0.4, -0.2) is 17.0 Å². The maximum atomic E-state index is 5.94. The fourth-order valence-corrected chi connectivity index (χ4v) is 1.99. The molecule has 0 aromatic carbocycles. The first kappa shape index (κ1) is 12.4. The normalized spacial score (nSPS) is 10.9. The van der Waals surface area contributed by atoms with E-state index in [9.17, 15) is 0 Å². The molecule has 0 aliphatic heterocycles. The number of nitrogen functional groups attached to an aromatic ring is 1. The largest absolute Gasteiger partial charge is 0.472 e. The highest BCUT2D eigenvalue weighted by molar-refractivity contribution is 5.57. The van der Waals surface area contributed by atoms with Gasteiger partial charge < -0.3 is 15.1 Å². The number of aromatic nitrogens is 2. The van der Waals surface area contributed by atoms with Crippen molar-refractivity contribution in [1.29, 1.82) is 0 Å². The molecule has 0 radical (unpaired) electrons. The summed E-state index contributed by atoms with van der Waals surface area (Å²) in [7, 11) is 1.99. The minimum atomic E-state index is 0.285. The van der Waals surface area contributed by atoms with Gasteiger partial charge in [0.05, 0.1) is 12.5 Å². The number of hydrogen-bond donors (Lipinski definition) is 1. The van der Waals surface area contributed by atoms with E-state index in [0.29, 0.717) is 5.82 Å². The van der Waals surface area contributed by atoms with Gasteiger partial charge in [0.15, 0.2) is 0 Å². The van der Waals surface area contributed by atoms with Gasteiger partial charge in [0.25, 0.3) is 0 Å². The maximum absolute atomic E-state index is 5.94. The Morgan fingerprint density at radius 2 is 2.17 bits per heavy atom. The van der Waals surface area contributed by atoms with Crippen molar-refractivity contribution in [3.63, 3.8) is 0 Å². The molecule has 0 aliphatic carbocycles. The van der Waals surface area contributed by atoms with E-state index in [0.717, 1.165) is 23.5 Å². The van der Waals surface area contributed by atoms with Gasteiger partial charge in [0.2, 0.25) is 0 Å². The average Bonchev–Trinajstić information content (AvgIpc) is 2.80. The van der Waals surface area contributed by atoms with Crippen LogP contribution in [0.4, 0.5) is 11.6 Å². The Labute approximate surface area is 107 Å². The van der Waals surface area contributed by atoms with Gasteiger partial charge in [-0.15, -0.1) is 0 Å². The van der Waals surface area contributed by atoms with Crippen LogP contribution in [-0.2, 0) is 6.54 Å². The van der Waals surface area contributed by atoms with Gasteiger partial charge in [-0.3, -0.25) is 0 Å². The van der Waals surface area contributed by atoms with Crippen LogP contribution in [0, 0.1) is 0 Å². The van der Waals surface area contributed by atoms with Crippen molar-refractivity contribution in [3.8, 4) is 0 Å². The summed E-state index contributed by atoms with van der Waals surface area (Å²) in [6.45, 7) is 4.90. The number of anilines is 2. The third kappa shape index (κ3) is 2.45. The molecule has 2 aromatic rings. The molecule has 0 saturated carbocycles. The Morgan fingerprint density at radius 3 is 2.78 bits per heavy atom. The van der Waals surface area contributed by atoms with Crippen LogP contribution < -0.4 is 10.6 Å². The van der Waals surface area contributed by atoms with E-state index in [-0.39, 0.29) is 5.92 Å². The van der Waals surface area contributed by atoms with E-state index in [1.807, 2.05) is 13.1 Å². The van der Waals surface area contributed by atoms with E-state index >= 15 is 0 Å². The Balaban J connectivity index is 2.29. The van der Waals surface area contributed by atoms with Crippen molar-refractivity contribution in [3.05, 3.63) is 36.0 Å². The van der Waals surface area contributed by atoms with Gasteiger partial charge in [0, 0.05) is 24.7 Å². The lowest BCUT2D eigenvalue weighted by atomic mass is 10.0. The van der Waals surface area contributed by atoms with Gasteiger partial charge >= 0.3 is 0 Å². The topological polar surface area (TPSA) is 68.2 Å². The molecule has 0 amide bonds. The predicted molar refractivity (Wildman–Crippen MR) is 71.3 cm³/mol. The van der Waals surface area contributed by atoms with Crippen molar-refractivity contribution in [2.45, 2.75) is 26.3 Å². The summed E-state index contributed by atoms with van der Waals surface area (Å²) in [4.78, 5) is 10.5. The standard InChI is InChI=1S/C13H18N4O/c1-9(2)11-12(14)15-8-16-13(11)17(3)6-10-4-5-18-7-10/h4-5,7-9H,6H2,1-3H3,(H2,14,15,16). The zero-order valence-corrected chi connectivity index (χ0v) is 10.9. The zero-order chi connectivity index (χ0) is 13.1. The lowest BCUT2D eigenvalue weighted by Crippen LogP contribution is -2.20. The zero-order valence-electron chi connectivity index (χ0n) is 10.9. The molecule has 5 heteroatoms. The molecule has 5 nitrogen and oxygen atoms in total. The summed E-state index contributed by atoms with van der Waals surface area (Å²) < 4.78 is 5.07. The molecule has 2 N–H and O–H groups in total. The fourth-order valence-electron chi connectivity index (χ4n) is 1.99. The van der Waals surface area contributed by atoms with Gasteiger partial charge in [0.1, 0.15) is 18.0 Å². The van der Waals surface area contributed by atoms with Crippen LogP contribution in [0.5, 0.6) is 0 Å². The van der Waals surface area contributed by atoms with E-state index in [2.05, 4.69) is 28.7 Å². The molecule has 2 rings (SSSR count). The first-order valence-corrected chi connectivity index (χ1v) is 5.92.